The van der Waals surface area contributed by atoms with Crippen molar-refractivity contribution in [3.05, 3.63) is 29.8 Å². The molecule has 0 spiro atoms. The fourth-order valence-electron chi connectivity index (χ4n) is 1.20. The first kappa shape index (κ1) is 14.7. The lowest BCUT2D eigenvalue weighted by molar-refractivity contribution is -0.136. The summed E-state index contributed by atoms with van der Waals surface area (Å²) in [6, 6.07) is 7.01. The van der Waals surface area contributed by atoms with E-state index >= 15 is 0 Å². The lowest BCUT2D eigenvalue weighted by atomic mass is 10.1. The van der Waals surface area contributed by atoms with Gasteiger partial charge in [0.1, 0.15) is 4.32 Å². The Bertz CT molecular complexity index is 474. The number of nitrogens with one attached hydrogen (secondary N) is 1. The standard InChI is InChI=1S/C12H13NO3S2/c1-8(14)9-3-2-4-10(7-9)13-12(17)18-6-5-11(15)16/h2-4,7H,5-6H2,1H3,(H,13,17)(H,15,16). The molecule has 0 saturated heterocycles. The summed E-state index contributed by atoms with van der Waals surface area (Å²) in [5.41, 5.74) is 1.34. The van der Waals surface area contributed by atoms with Gasteiger partial charge in [-0.1, -0.05) is 36.1 Å². The molecule has 0 atom stereocenters. The highest BCUT2D eigenvalue weighted by atomic mass is 32.2. The van der Waals surface area contributed by atoms with Gasteiger partial charge in [-0.3, -0.25) is 9.59 Å². The summed E-state index contributed by atoms with van der Waals surface area (Å²) in [5, 5.41) is 11.5. The van der Waals surface area contributed by atoms with E-state index in [4.69, 9.17) is 17.3 Å². The van der Waals surface area contributed by atoms with Crippen LogP contribution in [0.1, 0.15) is 23.7 Å². The number of benzene rings is 1. The van der Waals surface area contributed by atoms with Gasteiger partial charge in [-0.15, -0.1) is 0 Å². The van der Waals surface area contributed by atoms with Crippen molar-refractivity contribution in [3.63, 3.8) is 0 Å². The van der Waals surface area contributed by atoms with E-state index in [-0.39, 0.29) is 12.2 Å². The van der Waals surface area contributed by atoms with Crippen LogP contribution < -0.4 is 5.32 Å². The maximum atomic E-state index is 11.2. The van der Waals surface area contributed by atoms with E-state index < -0.39 is 5.97 Å². The molecule has 0 aromatic heterocycles. The monoisotopic (exact) mass is 283 g/mol. The molecule has 1 aromatic carbocycles. The maximum absolute atomic E-state index is 11.2. The van der Waals surface area contributed by atoms with Crippen molar-refractivity contribution in [1.82, 2.24) is 0 Å². The molecule has 6 heteroatoms. The average molecular weight is 283 g/mol. The van der Waals surface area contributed by atoms with Crippen LogP contribution in [-0.2, 0) is 4.79 Å². The van der Waals surface area contributed by atoms with E-state index in [1.165, 1.54) is 18.7 Å². The van der Waals surface area contributed by atoms with E-state index in [1.54, 1.807) is 24.3 Å². The maximum Gasteiger partial charge on any atom is 0.304 e. The Hall–Kier alpha value is -1.40. The van der Waals surface area contributed by atoms with Crippen LogP contribution in [0.3, 0.4) is 0 Å². The number of thioether (sulfide) groups is 1. The minimum absolute atomic E-state index is 0.0110. The van der Waals surface area contributed by atoms with Gasteiger partial charge in [0, 0.05) is 17.0 Å². The van der Waals surface area contributed by atoms with Crippen molar-refractivity contribution in [2.24, 2.45) is 0 Å². The van der Waals surface area contributed by atoms with Crippen molar-refractivity contribution in [2.45, 2.75) is 13.3 Å². The Labute approximate surface area is 115 Å². The molecule has 0 unspecified atom stereocenters. The van der Waals surface area contributed by atoms with Crippen LogP contribution >= 0.6 is 24.0 Å². The van der Waals surface area contributed by atoms with Crippen molar-refractivity contribution >= 4 is 45.7 Å². The molecule has 18 heavy (non-hydrogen) atoms. The zero-order valence-electron chi connectivity index (χ0n) is 9.80. The molecule has 0 aliphatic rings. The molecule has 0 radical (unpaired) electrons. The average Bonchev–Trinajstić information content (AvgIpc) is 2.28. The Balaban J connectivity index is 2.51. The van der Waals surface area contributed by atoms with Crippen LogP contribution in [-0.4, -0.2) is 26.9 Å². The number of anilines is 1. The number of thiocarbonyl (C=S) groups is 1. The first-order chi connectivity index (χ1) is 8.49. The molecular weight excluding hydrogens is 270 g/mol. The van der Waals surface area contributed by atoms with Gasteiger partial charge >= 0.3 is 5.97 Å². The van der Waals surface area contributed by atoms with Crippen LogP contribution in [0, 0.1) is 0 Å². The first-order valence-electron chi connectivity index (χ1n) is 5.25. The lowest BCUT2D eigenvalue weighted by Crippen LogP contribution is -2.07. The summed E-state index contributed by atoms with van der Waals surface area (Å²) >= 11 is 6.34. The third-order valence-electron chi connectivity index (χ3n) is 2.06. The summed E-state index contributed by atoms with van der Waals surface area (Å²) in [4.78, 5) is 21.5. The Morgan fingerprint density at radius 1 is 1.44 bits per heavy atom. The highest BCUT2D eigenvalue weighted by molar-refractivity contribution is 8.23. The number of carbonyl (C=O) groups excluding carboxylic acids is 1. The second kappa shape index (κ2) is 7.13. The molecule has 0 aliphatic carbocycles. The van der Waals surface area contributed by atoms with E-state index in [0.29, 0.717) is 15.6 Å². The van der Waals surface area contributed by atoms with Crippen LogP contribution in [0.5, 0.6) is 0 Å². The normalized spacial score (nSPS) is 9.83. The topological polar surface area (TPSA) is 66.4 Å². The molecule has 4 nitrogen and oxygen atoms in total. The molecule has 96 valence electrons. The third-order valence-corrected chi connectivity index (χ3v) is 3.29. The Morgan fingerprint density at radius 2 is 2.17 bits per heavy atom. The summed E-state index contributed by atoms with van der Waals surface area (Å²) in [7, 11) is 0. The molecule has 0 aliphatic heterocycles. The summed E-state index contributed by atoms with van der Waals surface area (Å²) in [6.07, 6.45) is 0.0694. The zero-order chi connectivity index (χ0) is 13.5. The minimum Gasteiger partial charge on any atom is -0.481 e. The number of aliphatic carboxylic acids is 1. The van der Waals surface area contributed by atoms with E-state index in [9.17, 15) is 9.59 Å². The van der Waals surface area contributed by atoms with Crippen molar-refractivity contribution < 1.29 is 14.7 Å². The third kappa shape index (κ3) is 5.29. The summed E-state index contributed by atoms with van der Waals surface area (Å²) in [6.45, 7) is 1.50. The molecule has 0 amide bonds. The number of rotatable bonds is 5. The van der Waals surface area contributed by atoms with Crippen LogP contribution in [0.2, 0.25) is 0 Å². The summed E-state index contributed by atoms with van der Waals surface area (Å²) < 4.78 is 0.497. The molecular formula is C12H13NO3S2. The molecule has 0 bridgehead atoms. The second-order valence-electron chi connectivity index (χ2n) is 3.54. The van der Waals surface area contributed by atoms with Crippen molar-refractivity contribution in [2.75, 3.05) is 11.1 Å². The predicted octanol–water partition coefficient (Wildman–Crippen LogP) is 2.79. The quantitative estimate of drug-likeness (QED) is 0.640. The smallest absolute Gasteiger partial charge is 0.304 e. The molecule has 1 aromatic rings. The van der Waals surface area contributed by atoms with Gasteiger partial charge in [0.15, 0.2) is 5.78 Å². The fourth-order valence-corrected chi connectivity index (χ4v) is 2.22. The highest BCUT2D eigenvalue weighted by Crippen LogP contribution is 2.15. The van der Waals surface area contributed by atoms with Gasteiger partial charge in [-0.05, 0) is 19.1 Å². The lowest BCUT2D eigenvalue weighted by Gasteiger charge is -2.07. The SMILES string of the molecule is CC(=O)c1cccc(NC(=S)SCCC(=O)O)c1. The number of carboxylic acid groups (broad SMARTS) is 1. The van der Waals surface area contributed by atoms with Gasteiger partial charge in [-0.25, -0.2) is 0 Å². The van der Waals surface area contributed by atoms with Gasteiger partial charge in [0.2, 0.25) is 0 Å². The fraction of sp³-hybridized carbons (Fsp3) is 0.250. The number of Topliss-reactive ketones (excluding diaryl/α,β-unsaturated/α-hetero) is 1. The number of hydrogen-bond acceptors (Lipinski definition) is 4. The minimum atomic E-state index is -0.844. The van der Waals surface area contributed by atoms with Gasteiger partial charge in [-0.2, -0.15) is 0 Å². The van der Waals surface area contributed by atoms with Crippen LogP contribution in [0.25, 0.3) is 0 Å². The van der Waals surface area contributed by atoms with Crippen molar-refractivity contribution in [1.29, 1.82) is 0 Å². The highest BCUT2D eigenvalue weighted by Gasteiger charge is 2.04. The largest absolute Gasteiger partial charge is 0.481 e. The summed E-state index contributed by atoms with van der Waals surface area (Å²) in [5.74, 6) is -0.430. The second-order valence-corrected chi connectivity index (χ2v) is 5.31. The van der Waals surface area contributed by atoms with E-state index in [0.717, 1.165) is 5.69 Å². The number of carboxylic acids is 1. The molecule has 0 heterocycles. The molecule has 0 fully saturated rings. The molecule has 2 N–H and O–H groups in total. The van der Waals surface area contributed by atoms with E-state index in [1.807, 2.05) is 0 Å². The Morgan fingerprint density at radius 3 is 2.78 bits per heavy atom. The van der Waals surface area contributed by atoms with Crippen LogP contribution in [0.15, 0.2) is 24.3 Å². The molecule has 1 rings (SSSR count). The number of carbonyl (C=O) groups is 2. The van der Waals surface area contributed by atoms with E-state index in [2.05, 4.69) is 5.32 Å². The van der Waals surface area contributed by atoms with Gasteiger partial charge in [0.05, 0.1) is 6.42 Å². The van der Waals surface area contributed by atoms with Gasteiger partial charge < -0.3 is 10.4 Å². The number of ketones is 1. The predicted molar refractivity (Wildman–Crippen MR) is 77.4 cm³/mol. The number of hydrogen-bond donors (Lipinski definition) is 2. The van der Waals surface area contributed by atoms with Gasteiger partial charge in [0.25, 0.3) is 0 Å². The Kier molecular flexibility index (Phi) is 5.80. The van der Waals surface area contributed by atoms with Crippen LogP contribution in [0.4, 0.5) is 5.69 Å². The molecule has 0 saturated carbocycles. The zero-order valence-corrected chi connectivity index (χ0v) is 11.4. The van der Waals surface area contributed by atoms with Crippen molar-refractivity contribution in [3.8, 4) is 0 Å². The first-order valence-corrected chi connectivity index (χ1v) is 6.65.